The summed E-state index contributed by atoms with van der Waals surface area (Å²) in [5.41, 5.74) is 3.93. The molecule has 0 amide bonds. The number of hydrazine groups is 1. The van der Waals surface area contributed by atoms with Crippen LogP contribution in [0.2, 0.25) is 0 Å². The first kappa shape index (κ1) is 14.6. The zero-order valence-corrected chi connectivity index (χ0v) is 11.3. The SMILES string of the molecule is CCC(c1ccccc1)C(NN)c1cccc(F)c1F. The molecule has 0 saturated carbocycles. The lowest BCUT2D eigenvalue weighted by atomic mass is 9.85. The molecule has 0 heterocycles. The van der Waals surface area contributed by atoms with Crippen LogP contribution in [0.15, 0.2) is 48.5 Å². The third-order valence-corrected chi connectivity index (χ3v) is 3.57. The standard InChI is InChI=1S/C16H18F2N2/c1-2-12(11-7-4-3-5-8-11)16(20-19)13-9-6-10-14(17)15(13)18/h3-10,12,16,20H,2,19H2,1H3. The van der Waals surface area contributed by atoms with Gasteiger partial charge in [0.2, 0.25) is 0 Å². The lowest BCUT2D eigenvalue weighted by molar-refractivity contribution is 0.412. The molecule has 0 aliphatic heterocycles. The Morgan fingerprint density at radius 3 is 2.35 bits per heavy atom. The fourth-order valence-electron chi connectivity index (χ4n) is 2.55. The first-order chi connectivity index (χ1) is 9.69. The van der Waals surface area contributed by atoms with E-state index in [0.717, 1.165) is 18.1 Å². The minimum atomic E-state index is -0.856. The van der Waals surface area contributed by atoms with E-state index in [1.165, 1.54) is 6.07 Å². The maximum atomic E-state index is 14.0. The van der Waals surface area contributed by atoms with Gasteiger partial charge in [-0.05, 0) is 18.1 Å². The summed E-state index contributed by atoms with van der Waals surface area (Å²) in [4.78, 5) is 0. The highest BCUT2D eigenvalue weighted by Gasteiger charge is 2.25. The van der Waals surface area contributed by atoms with Gasteiger partial charge in [0.15, 0.2) is 11.6 Å². The van der Waals surface area contributed by atoms with Gasteiger partial charge >= 0.3 is 0 Å². The Morgan fingerprint density at radius 2 is 1.75 bits per heavy atom. The maximum Gasteiger partial charge on any atom is 0.163 e. The molecule has 0 radical (unpaired) electrons. The van der Waals surface area contributed by atoms with E-state index in [1.807, 2.05) is 37.3 Å². The fourth-order valence-corrected chi connectivity index (χ4v) is 2.55. The van der Waals surface area contributed by atoms with Crippen molar-refractivity contribution in [3.8, 4) is 0 Å². The van der Waals surface area contributed by atoms with Gasteiger partial charge in [-0.2, -0.15) is 0 Å². The summed E-state index contributed by atoms with van der Waals surface area (Å²) in [7, 11) is 0. The van der Waals surface area contributed by atoms with Crippen LogP contribution in [0, 0.1) is 11.6 Å². The second-order valence-electron chi connectivity index (χ2n) is 4.71. The third-order valence-electron chi connectivity index (χ3n) is 3.57. The van der Waals surface area contributed by atoms with Crippen LogP contribution in [0.5, 0.6) is 0 Å². The molecule has 0 bridgehead atoms. The van der Waals surface area contributed by atoms with Crippen LogP contribution in [-0.2, 0) is 0 Å². The molecule has 0 saturated heterocycles. The van der Waals surface area contributed by atoms with Crippen molar-refractivity contribution in [3.63, 3.8) is 0 Å². The average Bonchev–Trinajstić information content (AvgIpc) is 2.49. The van der Waals surface area contributed by atoms with Crippen molar-refractivity contribution in [1.82, 2.24) is 5.43 Å². The van der Waals surface area contributed by atoms with Crippen LogP contribution in [0.4, 0.5) is 8.78 Å². The Labute approximate surface area is 117 Å². The second kappa shape index (κ2) is 6.59. The van der Waals surface area contributed by atoms with Crippen LogP contribution in [0.1, 0.15) is 36.4 Å². The molecule has 0 aliphatic rings. The Hall–Kier alpha value is -1.78. The molecule has 2 nitrogen and oxygen atoms in total. The highest BCUT2D eigenvalue weighted by Crippen LogP contribution is 2.34. The van der Waals surface area contributed by atoms with Crippen LogP contribution >= 0.6 is 0 Å². The molecule has 2 rings (SSSR count). The van der Waals surface area contributed by atoms with Crippen LogP contribution in [-0.4, -0.2) is 0 Å². The van der Waals surface area contributed by atoms with Crippen molar-refractivity contribution in [2.75, 3.05) is 0 Å². The first-order valence-corrected chi connectivity index (χ1v) is 6.64. The number of hydrogen-bond donors (Lipinski definition) is 2. The van der Waals surface area contributed by atoms with E-state index in [-0.39, 0.29) is 11.5 Å². The van der Waals surface area contributed by atoms with Gasteiger partial charge in [0.05, 0.1) is 6.04 Å². The molecule has 2 aromatic rings. The molecule has 106 valence electrons. The predicted octanol–water partition coefficient (Wildman–Crippen LogP) is 3.66. The summed E-state index contributed by atoms with van der Waals surface area (Å²) in [6, 6.07) is 13.4. The lowest BCUT2D eigenvalue weighted by Gasteiger charge is -2.27. The maximum absolute atomic E-state index is 14.0. The molecule has 2 unspecified atom stereocenters. The number of hydrogen-bond acceptors (Lipinski definition) is 2. The number of nitrogens with one attached hydrogen (secondary N) is 1. The number of halogens is 2. The molecule has 3 N–H and O–H groups in total. The van der Waals surface area contributed by atoms with E-state index in [0.29, 0.717) is 0 Å². The largest absolute Gasteiger partial charge is 0.271 e. The van der Waals surface area contributed by atoms with Gasteiger partial charge in [0, 0.05) is 11.5 Å². The number of benzene rings is 2. The summed E-state index contributed by atoms with van der Waals surface area (Å²) in [5.74, 6) is 3.87. The fraction of sp³-hybridized carbons (Fsp3) is 0.250. The van der Waals surface area contributed by atoms with Crippen LogP contribution < -0.4 is 11.3 Å². The molecule has 20 heavy (non-hydrogen) atoms. The van der Waals surface area contributed by atoms with Gasteiger partial charge in [0.1, 0.15) is 0 Å². The van der Waals surface area contributed by atoms with E-state index in [4.69, 9.17) is 5.84 Å². The van der Waals surface area contributed by atoms with E-state index in [2.05, 4.69) is 5.43 Å². The van der Waals surface area contributed by atoms with Gasteiger partial charge in [0.25, 0.3) is 0 Å². The minimum Gasteiger partial charge on any atom is -0.271 e. The molecule has 2 atom stereocenters. The lowest BCUT2D eigenvalue weighted by Crippen LogP contribution is -2.33. The van der Waals surface area contributed by atoms with Crippen molar-refractivity contribution in [2.24, 2.45) is 5.84 Å². The van der Waals surface area contributed by atoms with Gasteiger partial charge < -0.3 is 0 Å². The minimum absolute atomic E-state index is 0.0301. The Bertz CT molecular complexity index is 558. The summed E-state index contributed by atoms with van der Waals surface area (Å²) in [6.07, 6.45) is 0.759. The average molecular weight is 276 g/mol. The zero-order chi connectivity index (χ0) is 14.5. The zero-order valence-electron chi connectivity index (χ0n) is 11.3. The molecular formula is C16H18F2N2. The van der Waals surface area contributed by atoms with Crippen molar-refractivity contribution in [1.29, 1.82) is 0 Å². The molecule has 2 aromatic carbocycles. The molecule has 0 fully saturated rings. The van der Waals surface area contributed by atoms with E-state index in [9.17, 15) is 8.78 Å². The monoisotopic (exact) mass is 276 g/mol. The van der Waals surface area contributed by atoms with Gasteiger partial charge in [-0.25, -0.2) is 8.78 Å². The predicted molar refractivity (Wildman–Crippen MR) is 75.9 cm³/mol. The smallest absolute Gasteiger partial charge is 0.163 e. The van der Waals surface area contributed by atoms with Crippen molar-refractivity contribution >= 4 is 0 Å². The molecular weight excluding hydrogens is 258 g/mol. The highest BCUT2D eigenvalue weighted by atomic mass is 19.2. The van der Waals surface area contributed by atoms with Gasteiger partial charge in [-0.1, -0.05) is 49.4 Å². The van der Waals surface area contributed by atoms with Crippen LogP contribution in [0.25, 0.3) is 0 Å². The van der Waals surface area contributed by atoms with E-state index >= 15 is 0 Å². The molecule has 0 aliphatic carbocycles. The Kier molecular flexibility index (Phi) is 4.82. The van der Waals surface area contributed by atoms with Crippen molar-refractivity contribution in [2.45, 2.75) is 25.3 Å². The van der Waals surface area contributed by atoms with Crippen LogP contribution in [0.3, 0.4) is 0 Å². The van der Waals surface area contributed by atoms with Crippen molar-refractivity contribution in [3.05, 3.63) is 71.3 Å². The highest BCUT2D eigenvalue weighted by molar-refractivity contribution is 5.29. The summed E-state index contributed by atoms with van der Waals surface area (Å²) in [5, 5.41) is 0. The third kappa shape index (κ3) is 2.86. The second-order valence-corrected chi connectivity index (χ2v) is 4.71. The molecule has 0 spiro atoms. The normalized spacial score (nSPS) is 14.0. The van der Waals surface area contributed by atoms with Gasteiger partial charge in [-0.3, -0.25) is 11.3 Å². The number of nitrogens with two attached hydrogens (primary N) is 1. The van der Waals surface area contributed by atoms with Crippen molar-refractivity contribution < 1.29 is 8.78 Å². The summed E-state index contributed by atoms with van der Waals surface area (Å²) >= 11 is 0. The molecule has 4 heteroatoms. The Morgan fingerprint density at radius 1 is 1.05 bits per heavy atom. The summed E-state index contributed by atoms with van der Waals surface area (Å²) < 4.78 is 27.4. The topological polar surface area (TPSA) is 38.0 Å². The quantitative estimate of drug-likeness (QED) is 0.646. The molecule has 0 aromatic heterocycles. The Balaban J connectivity index is 2.42. The first-order valence-electron chi connectivity index (χ1n) is 6.64. The number of rotatable bonds is 5. The summed E-state index contributed by atoms with van der Waals surface area (Å²) in [6.45, 7) is 2.00. The van der Waals surface area contributed by atoms with Gasteiger partial charge in [-0.15, -0.1) is 0 Å². The van der Waals surface area contributed by atoms with E-state index in [1.54, 1.807) is 6.07 Å². The van der Waals surface area contributed by atoms with E-state index < -0.39 is 17.7 Å².